The Morgan fingerprint density at radius 3 is 2.79 bits per heavy atom. The van der Waals surface area contributed by atoms with Gasteiger partial charge in [0.25, 0.3) is 0 Å². The second kappa shape index (κ2) is 5.72. The molecule has 0 aromatic heterocycles. The molecule has 3 rings (SSSR count). The maximum Gasteiger partial charge on any atom is 0.0429 e. The molecular formula is C16H23ClN2. The second-order valence-corrected chi connectivity index (χ2v) is 6.36. The van der Waals surface area contributed by atoms with Gasteiger partial charge in [0.1, 0.15) is 0 Å². The molecule has 2 fully saturated rings. The standard InChI is InChI=1S/C16H23ClN2/c17-14-8-7-13(11-18)16(10-14)19-9-3-5-12-4-1-2-6-15(12)19/h7-8,10,12,15H,1-6,9,11,18H2. The largest absolute Gasteiger partial charge is 0.368 e. The fourth-order valence-electron chi connectivity index (χ4n) is 3.90. The summed E-state index contributed by atoms with van der Waals surface area (Å²) < 4.78 is 0. The normalized spacial score (nSPS) is 27.2. The SMILES string of the molecule is NCc1ccc(Cl)cc1N1CCCC2CCCCC21. The van der Waals surface area contributed by atoms with Crippen LogP contribution in [-0.2, 0) is 6.54 Å². The van der Waals surface area contributed by atoms with Crippen LogP contribution in [0.4, 0.5) is 5.69 Å². The number of hydrogen-bond donors (Lipinski definition) is 1. The molecule has 1 aliphatic heterocycles. The van der Waals surface area contributed by atoms with Crippen molar-refractivity contribution in [1.82, 2.24) is 0 Å². The number of anilines is 1. The molecule has 1 aromatic carbocycles. The average Bonchev–Trinajstić information content (AvgIpc) is 2.46. The maximum absolute atomic E-state index is 6.20. The first-order valence-electron chi connectivity index (χ1n) is 7.54. The molecule has 1 aromatic rings. The van der Waals surface area contributed by atoms with E-state index in [2.05, 4.69) is 17.0 Å². The van der Waals surface area contributed by atoms with Crippen molar-refractivity contribution in [2.24, 2.45) is 11.7 Å². The zero-order valence-corrected chi connectivity index (χ0v) is 12.2. The van der Waals surface area contributed by atoms with E-state index in [0.717, 1.165) is 17.5 Å². The Balaban J connectivity index is 1.93. The summed E-state index contributed by atoms with van der Waals surface area (Å²) in [6, 6.07) is 6.87. The first kappa shape index (κ1) is 13.3. The van der Waals surface area contributed by atoms with Crippen molar-refractivity contribution in [2.75, 3.05) is 11.4 Å². The van der Waals surface area contributed by atoms with Gasteiger partial charge in [-0.25, -0.2) is 0 Å². The number of piperidine rings is 1. The van der Waals surface area contributed by atoms with Gasteiger partial charge in [-0.1, -0.05) is 30.5 Å². The number of halogens is 1. The first-order valence-corrected chi connectivity index (χ1v) is 7.92. The van der Waals surface area contributed by atoms with E-state index in [4.69, 9.17) is 17.3 Å². The third-order valence-electron chi connectivity index (χ3n) is 4.82. The molecular weight excluding hydrogens is 256 g/mol. The summed E-state index contributed by atoms with van der Waals surface area (Å²) in [7, 11) is 0. The minimum Gasteiger partial charge on any atom is -0.368 e. The van der Waals surface area contributed by atoms with E-state index in [1.807, 2.05) is 6.07 Å². The highest BCUT2D eigenvalue weighted by molar-refractivity contribution is 6.30. The molecule has 2 atom stereocenters. The van der Waals surface area contributed by atoms with Gasteiger partial charge in [0.2, 0.25) is 0 Å². The number of nitrogens with zero attached hydrogens (tertiary/aromatic N) is 1. The van der Waals surface area contributed by atoms with Crippen LogP contribution >= 0.6 is 11.6 Å². The van der Waals surface area contributed by atoms with Crippen LogP contribution in [0.5, 0.6) is 0 Å². The number of nitrogens with two attached hydrogens (primary N) is 1. The molecule has 104 valence electrons. The van der Waals surface area contributed by atoms with E-state index in [1.165, 1.54) is 49.8 Å². The molecule has 2 unspecified atom stereocenters. The molecule has 0 spiro atoms. The highest BCUT2D eigenvalue weighted by Gasteiger charge is 2.33. The number of fused-ring (bicyclic) bond motifs is 1. The number of hydrogen-bond acceptors (Lipinski definition) is 2. The van der Waals surface area contributed by atoms with Crippen molar-refractivity contribution in [1.29, 1.82) is 0 Å². The van der Waals surface area contributed by atoms with Crippen LogP contribution in [0, 0.1) is 5.92 Å². The minimum atomic E-state index is 0.598. The smallest absolute Gasteiger partial charge is 0.0429 e. The Hall–Kier alpha value is -0.730. The van der Waals surface area contributed by atoms with Crippen LogP contribution < -0.4 is 10.6 Å². The van der Waals surface area contributed by atoms with Crippen molar-refractivity contribution >= 4 is 17.3 Å². The summed E-state index contributed by atoms with van der Waals surface area (Å²) in [6.07, 6.45) is 8.22. The molecule has 0 bridgehead atoms. The summed E-state index contributed by atoms with van der Waals surface area (Å²) >= 11 is 6.20. The van der Waals surface area contributed by atoms with Crippen molar-refractivity contribution in [3.63, 3.8) is 0 Å². The van der Waals surface area contributed by atoms with Crippen molar-refractivity contribution < 1.29 is 0 Å². The van der Waals surface area contributed by atoms with Crippen LogP contribution in [0.1, 0.15) is 44.1 Å². The fourth-order valence-corrected chi connectivity index (χ4v) is 4.07. The van der Waals surface area contributed by atoms with Gasteiger partial charge in [-0.05, 0) is 49.3 Å². The summed E-state index contributed by atoms with van der Waals surface area (Å²) in [5.74, 6) is 0.882. The summed E-state index contributed by atoms with van der Waals surface area (Å²) in [4.78, 5) is 2.60. The van der Waals surface area contributed by atoms with Gasteiger partial charge in [0, 0.05) is 29.8 Å². The molecule has 0 amide bonds. The predicted octanol–water partition coefficient (Wildman–Crippen LogP) is 3.96. The second-order valence-electron chi connectivity index (χ2n) is 5.92. The molecule has 0 radical (unpaired) electrons. The van der Waals surface area contributed by atoms with E-state index in [0.29, 0.717) is 12.6 Å². The highest BCUT2D eigenvalue weighted by atomic mass is 35.5. The topological polar surface area (TPSA) is 29.3 Å². The molecule has 1 aliphatic carbocycles. The molecule has 2 N–H and O–H groups in total. The zero-order chi connectivity index (χ0) is 13.2. The molecule has 2 nitrogen and oxygen atoms in total. The Bertz CT molecular complexity index is 444. The Morgan fingerprint density at radius 1 is 1.16 bits per heavy atom. The first-order chi connectivity index (χ1) is 9.29. The van der Waals surface area contributed by atoms with Crippen molar-refractivity contribution in [2.45, 2.75) is 51.1 Å². The fraction of sp³-hybridized carbons (Fsp3) is 0.625. The van der Waals surface area contributed by atoms with E-state index in [9.17, 15) is 0 Å². The van der Waals surface area contributed by atoms with Gasteiger partial charge in [-0.2, -0.15) is 0 Å². The van der Waals surface area contributed by atoms with Crippen LogP contribution in [0.2, 0.25) is 5.02 Å². The highest BCUT2D eigenvalue weighted by Crippen LogP contribution is 2.39. The van der Waals surface area contributed by atoms with Gasteiger partial charge in [0.15, 0.2) is 0 Å². The lowest BCUT2D eigenvalue weighted by molar-refractivity contribution is 0.243. The van der Waals surface area contributed by atoms with Gasteiger partial charge >= 0.3 is 0 Å². The lowest BCUT2D eigenvalue weighted by atomic mass is 9.78. The van der Waals surface area contributed by atoms with E-state index >= 15 is 0 Å². The van der Waals surface area contributed by atoms with Crippen LogP contribution in [-0.4, -0.2) is 12.6 Å². The summed E-state index contributed by atoms with van der Waals surface area (Å²) in [6.45, 7) is 1.76. The monoisotopic (exact) mass is 278 g/mol. The van der Waals surface area contributed by atoms with E-state index < -0.39 is 0 Å². The Kier molecular flexibility index (Phi) is 3.99. The van der Waals surface area contributed by atoms with E-state index in [1.54, 1.807) is 0 Å². The minimum absolute atomic E-state index is 0.598. The number of benzene rings is 1. The molecule has 2 aliphatic rings. The Morgan fingerprint density at radius 2 is 1.95 bits per heavy atom. The van der Waals surface area contributed by atoms with Crippen molar-refractivity contribution in [3.05, 3.63) is 28.8 Å². The quantitative estimate of drug-likeness (QED) is 0.887. The Labute approximate surface area is 120 Å². The molecule has 19 heavy (non-hydrogen) atoms. The predicted molar refractivity (Wildman–Crippen MR) is 81.7 cm³/mol. The lowest BCUT2D eigenvalue weighted by Gasteiger charge is -2.46. The summed E-state index contributed by atoms with van der Waals surface area (Å²) in [5.41, 5.74) is 8.42. The molecule has 1 saturated heterocycles. The molecule has 3 heteroatoms. The third kappa shape index (κ3) is 2.61. The number of rotatable bonds is 2. The molecule has 1 saturated carbocycles. The van der Waals surface area contributed by atoms with Crippen LogP contribution in [0.3, 0.4) is 0 Å². The third-order valence-corrected chi connectivity index (χ3v) is 5.06. The van der Waals surface area contributed by atoms with Crippen molar-refractivity contribution in [3.8, 4) is 0 Å². The van der Waals surface area contributed by atoms with Gasteiger partial charge in [0.05, 0.1) is 0 Å². The average molecular weight is 279 g/mol. The lowest BCUT2D eigenvalue weighted by Crippen LogP contribution is -2.47. The van der Waals surface area contributed by atoms with Crippen LogP contribution in [0.25, 0.3) is 0 Å². The zero-order valence-electron chi connectivity index (χ0n) is 11.4. The summed E-state index contributed by atoms with van der Waals surface area (Å²) in [5, 5.41) is 0.824. The molecule has 1 heterocycles. The van der Waals surface area contributed by atoms with Gasteiger partial charge < -0.3 is 10.6 Å². The van der Waals surface area contributed by atoms with Crippen LogP contribution in [0.15, 0.2) is 18.2 Å². The van der Waals surface area contributed by atoms with Gasteiger partial charge in [-0.15, -0.1) is 0 Å². The maximum atomic E-state index is 6.20. The van der Waals surface area contributed by atoms with Gasteiger partial charge in [-0.3, -0.25) is 0 Å². The van der Waals surface area contributed by atoms with E-state index in [-0.39, 0.29) is 0 Å².